The fraction of sp³-hybridized carbons (Fsp3) is 0.625. The van der Waals surface area contributed by atoms with Gasteiger partial charge in [-0.2, -0.15) is 26.3 Å². The third-order valence-corrected chi connectivity index (χ3v) is 4.09. The van der Waals surface area contributed by atoms with Gasteiger partial charge in [0.1, 0.15) is 0 Å². The fourth-order valence-corrected chi connectivity index (χ4v) is 2.34. The van der Waals surface area contributed by atoms with Crippen molar-refractivity contribution < 1.29 is 35.5 Å². The predicted molar refractivity (Wildman–Crippen MR) is 75.5 cm³/mol. The number of methoxy groups -OCH3 is 1. The summed E-state index contributed by atoms with van der Waals surface area (Å²) >= 11 is 0. The molecule has 0 aliphatic heterocycles. The van der Waals surface area contributed by atoms with Crippen molar-refractivity contribution in [2.75, 3.05) is 7.11 Å². The number of benzene rings is 1. The molecule has 138 valence electrons. The maximum Gasteiger partial charge on any atom is 0.431 e. The molecule has 0 amide bonds. The van der Waals surface area contributed by atoms with Gasteiger partial charge in [-0.3, -0.25) is 0 Å². The lowest BCUT2D eigenvalue weighted by Crippen LogP contribution is -2.56. The maximum atomic E-state index is 14.1. The van der Waals surface area contributed by atoms with Crippen molar-refractivity contribution in [2.24, 2.45) is 0 Å². The minimum absolute atomic E-state index is 0.00794. The van der Waals surface area contributed by atoms with E-state index >= 15 is 0 Å². The summed E-state index contributed by atoms with van der Waals surface area (Å²) in [4.78, 5) is 0. The molecule has 0 aromatic heterocycles. The van der Waals surface area contributed by atoms with E-state index in [9.17, 15) is 30.7 Å². The maximum absolute atomic E-state index is 14.1. The summed E-state index contributed by atoms with van der Waals surface area (Å²) in [5.74, 6) is -0.00794. The minimum atomic E-state index is -6.11. The first kappa shape index (κ1) is 20.7. The lowest BCUT2D eigenvalue weighted by Gasteiger charge is -2.38. The number of alkyl halides is 7. The molecular weight excluding hydrogens is 341 g/mol. The first-order valence-corrected chi connectivity index (χ1v) is 7.16. The van der Waals surface area contributed by atoms with Crippen LogP contribution in [0.4, 0.5) is 30.7 Å². The second-order valence-corrected chi connectivity index (χ2v) is 6.19. The molecule has 0 saturated heterocycles. The third kappa shape index (κ3) is 3.84. The van der Waals surface area contributed by atoms with Crippen LogP contribution in [0.25, 0.3) is 0 Å². The molecule has 1 nitrogen and oxygen atoms in total. The standard InChI is InChI=1S/C16H19F7O/c1-10(2)11-6-5-7-12(8-11)13(3,24-4)9-14(17,15(18,19)20)16(21,22)23/h5-8,10H,9H2,1-4H3. The van der Waals surface area contributed by atoms with Crippen molar-refractivity contribution in [3.05, 3.63) is 35.4 Å². The van der Waals surface area contributed by atoms with E-state index in [1.165, 1.54) is 18.2 Å². The van der Waals surface area contributed by atoms with Gasteiger partial charge in [0.15, 0.2) is 0 Å². The summed E-state index contributed by atoms with van der Waals surface area (Å²) in [6.07, 6.45) is -14.1. The van der Waals surface area contributed by atoms with E-state index < -0.39 is 30.0 Å². The van der Waals surface area contributed by atoms with Crippen LogP contribution in [0, 0.1) is 0 Å². The number of rotatable bonds is 5. The third-order valence-electron chi connectivity index (χ3n) is 4.09. The zero-order chi connectivity index (χ0) is 19.0. The molecule has 0 radical (unpaired) electrons. The summed E-state index contributed by atoms with van der Waals surface area (Å²) in [6.45, 7) is 4.64. The highest BCUT2D eigenvalue weighted by Crippen LogP contribution is 2.52. The highest BCUT2D eigenvalue weighted by molar-refractivity contribution is 5.30. The summed E-state index contributed by atoms with van der Waals surface area (Å²) in [6, 6.07) is 5.92. The van der Waals surface area contributed by atoms with E-state index in [0.717, 1.165) is 14.0 Å². The normalized spacial score (nSPS) is 16.3. The van der Waals surface area contributed by atoms with E-state index in [2.05, 4.69) is 0 Å². The van der Waals surface area contributed by atoms with E-state index in [0.29, 0.717) is 5.56 Å². The van der Waals surface area contributed by atoms with E-state index in [-0.39, 0.29) is 11.5 Å². The fourth-order valence-electron chi connectivity index (χ4n) is 2.34. The van der Waals surface area contributed by atoms with Gasteiger partial charge < -0.3 is 4.74 Å². The van der Waals surface area contributed by atoms with Crippen molar-refractivity contribution in [2.45, 2.75) is 56.7 Å². The molecule has 1 unspecified atom stereocenters. The number of hydrogen-bond acceptors (Lipinski definition) is 1. The van der Waals surface area contributed by atoms with Crippen molar-refractivity contribution in [1.29, 1.82) is 0 Å². The molecule has 0 heterocycles. The monoisotopic (exact) mass is 360 g/mol. The Labute approximate surface area is 135 Å². The molecule has 0 bridgehead atoms. The molecule has 1 aromatic carbocycles. The molecule has 1 aromatic rings. The molecular formula is C16H19F7O. The zero-order valence-corrected chi connectivity index (χ0v) is 13.6. The highest BCUT2D eigenvalue weighted by Gasteiger charge is 2.74. The summed E-state index contributed by atoms with van der Waals surface area (Å²) in [5, 5.41) is 0. The molecule has 8 heteroatoms. The van der Waals surface area contributed by atoms with E-state index in [1.807, 2.05) is 13.8 Å². The van der Waals surface area contributed by atoms with Crippen LogP contribution in [0.5, 0.6) is 0 Å². The molecule has 0 fully saturated rings. The summed E-state index contributed by atoms with van der Waals surface area (Å²) in [5.41, 5.74) is -6.74. The molecule has 1 atom stereocenters. The van der Waals surface area contributed by atoms with Crippen LogP contribution in [0.1, 0.15) is 44.2 Å². The van der Waals surface area contributed by atoms with Gasteiger partial charge in [0.05, 0.1) is 5.60 Å². The molecule has 0 aliphatic carbocycles. The smallest absolute Gasteiger partial charge is 0.374 e. The largest absolute Gasteiger partial charge is 0.431 e. The number of hydrogen-bond donors (Lipinski definition) is 0. The van der Waals surface area contributed by atoms with Crippen molar-refractivity contribution >= 4 is 0 Å². The van der Waals surface area contributed by atoms with Gasteiger partial charge in [0, 0.05) is 13.5 Å². The first-order valence-electron chi connectivity index (χ1n) is 7.16. The van der Waals surface area contributed by atoms with Crippen LogP contribution in [0.15, 0.2) is 24.3 Å². The quantitative estimate of drug-likeness (QED) is 0.595. The molecule has 24 heavy (non-hydrogen) atoms. The molecule has 0 N–H and O–H groups in total. The Hall–Kier alpha value is -1.31. The first-order chi connectivity index (χ1) is 10.7. The average molecular weight is 360 g/mol. The number of ether oxygens (including phenoxy) is 1. The van der Waals surface area contributed by atoms with Crippen LogP contribution in [-0.2, 0) is 10.3 Å². The van der Waals surface area contributed by atoms with Gasteiger partial charge in [-0.1, -0.05) is 38.1 Å². The average Bonchev–Trinajstić information content (AvgIpc) is 2.44. The van der Waals surface area contributed by atoms with Gasteiger partial charge in [0.2, 0.25) is 0 Å². The van der Waals surface area contributed by atoms with Crippen molar-refractivity contribution in [1.82, 2.24) is 0 Å². The Balaban J connectivity index is 3.40. The van der Waals surface area contributed by atoms with Crippen LogP contribution < -0.4 is 0 Å². The minimum Gasteiger partial charge on any atom is -0.374 e. The van der Waals surface area contributed by atoms with Gasteiger partial charge in [0.25, 0.3) is 0 Å². The lowest BCUT2D eigenvalue weighted by atomic mass is 9.82. The summed E-state index contributed by atoms with van der Waals surface area (Å²) in [7, 11) is 0.954. The lowest BCUT2D eigenvalue weighted by molar-refractivity contribution is -0.353. The molecule has 0 saturated carbocycles. The predicted octanol–water partition coefficient (Wildman–Crippen LogP) is 5.89. The van der Waals surface area contributed by atoms with Crippen LogP contribution >= 0.6 is 0 Å². The van der Waals surface area contributed by atoms with Gasteiger partial charge in [-0.25, -0.2) is 4.39 Å². The van der Waals surface area contributed by atoms with E-state index in [1.54, 1.807) is 6.07 Å². The Kier molecular flexibility index (Phi) is 5.65. The summed E-state index contributed by atoms with van der Waals surface area (Å²) < 4.78 is 96.0. The Morgan fingerprint density at radius 2 is 1.46 bits per heavy atom. The topological polar surface area (TPSA) is 9.23 Å². The second-order valence-electron chi connectivity index (χ2n) is 6.19. The van der Waals surface area contributed by atoms with Gasteiger partial charge >= 0.3 is 18.0 Å². The van der Waals surface area contributed by atoms with E-state index in [4.69, 9.17) is 4.74 Å². The van der Waals surface area contributed by atoms with Crippen LogP contribution in [0.2, 0.25) is 0 Å². The second kappa shape index (κ2) is 6.54. The Bertz CT molecular complexity index is 548. The zero-order valence-electron chi connectivity index (χ0n) is 13.6. The molecule has 1 rings (SSSR count). The van der Waals surface area contributed by atoms with Crippen molar-refractivity contribution in [3.63, 3.8) is 0 Å². The number of halogens is 7. The molecule has 0 aliphatic rings. The van der Waals surface area contributed by atoms with Gasteiger partial charge in [-0.05, 0) is 24.0 Å². The Morgan fingerprint density at radius 3 is 1.83 bits per heavy atom. The van der Waals surface area contributed by atoms with Crippen LogP contribution in [0.3, 0.4) is 0 Å². The van der Waals surface area contributed by atoms with Gasteiger partial charge in [-0.15, -0.1) is 0 Å². The molecule has 0 spiro atoms. The Morgan fingerprint density at radius 1 is 0.958 bits per heavy atom. The SMILES string of the molecule is COC(C)(CC(F)(C(F)(F)F)C(F)(F)F)c1cccc(C(C)C)c1. The van der Waals surface area contributed by atoms with Crippen LogP contribution in [-0.4, -0.2) is 25.1 Å². The van der Waals surface area contributed by atoms with Crippen molar-refractivity contribution in [3.8, 4) is 0 Å². The highest BCUT2D eigenvalue weighted by atomic mass is 19.4.